The lowest BCUT2D eigenvalue weighted by Gasteiger charge is -2.44. The Kier molecular flexibility index (Phi) is 3.76. The van der Waals surface area contributed by atoms with Crippen molar-refractivity contribution in [3.05, 3.63) is 29.8 Å². The van der Waals surface area contributed by atoms with Crippen LogP contribution in [0.25, 0.3) is 0 Å². The Morgan fingerprint density at radius 1 is 1.32 bits per heavy atom. The largest absolute Gasteiger partial charge is 0.370 e. The number of nitrogens with zero attached hydrogens (tertiary/aromatic N) is 3. The number of benzene rings is 1. The second kappa shape index (κ2) is 5.33. The lowest BCUT2D eigenvalue weighted by atomic mass is 9.72. The molecule has 0 radical (unpaired) electrons. The third-order valence-electron chi connectivity index (χ3n) is 4.27. The standard InChI is InChI=1S/C16H19N3/c1-16(2)8-10-19(12-14(16)7-9-17)15-6-4-3-5-13(15)11-18/h3-6,14H,7-8,10,12H2,1-2H3. The van der Waals surface area contributed by atoms with E-state index in [1.54, 1.807) is 0 Å². The van der Waals surface area contributed by atoms with Crippen molar-refractivity contribution in [1.82, 2.24) is 0 Å². The molecule has 98 valence electrons. The molecule has 0 bridgehead atoms. The van der Waals surface area contributed by atoms with E-state index in [1.807, 2.05) is 24.3 Å². The maximum Gasteiger partial charge on any atom is 0.101 e. The molecule has 1 heterocycles. The van der Waals surface area contributed by atoms with Gasteiger partial charge in [-0.3, -0.25) is 0 Å². The van der Waals surface area contributed by atoms with Crippen LogP contribution in [-0.2, 0) is 0 Å². The summed E-state index contributed by atoms with van der Waals surface area (Å²) in [7, 11) is 0. The van der Waals surface area contributed by atoms with Crippen LogP contribution in [0.4, 0.5) is 5.69 Å². The van der Waals surface area contributed by atoms with E-state index in [2.05, 4.69) is 30.9 Å². The number of hydrogen-bond acceptors (Lipinski definition) is 3. The van der Waals surface area contributed by atoms with Crippen molar-refractivity contribution in [3.63, 3.8) is 0 Å². The van der Waals surface area contributed by atoms with Crippen LogP contribution in [0.15, 0.2) is 24.3 Å². The second-order valence-corrected chi connectivity index (χ2v) is 5.87. The normalized spacial score (nSPS) is 21.5. The molecule has 3 heteroatoms. The molecule has 1 unspecified atom stereocenters. The van der Waals surface area contributed by atoms with Crippen LogP contribution in [0.5, 0.6) is 0 Å². The summed E-state index contributed by atoms with van der Waals surface area (Å²) in [5.41, 5.74) is 1.93. The number of rotatable bonds is 2. The summed E-state index contributed by atoms with van der Waals surface area (Å²) in [6.45, 7) is 6.29. The quantitative estimate of drug-likeness (QED) is 0.812. The number of hydrogen-bond donors (Lipinski definition) is 0. The molecule has 1 saturated heterocycles. The van der Waals surface area contributed by atoms with E-state index in [-0.39, 0.29) is 5.41 Å². The van der Waals surface area contributed by atoms with Gasteiger partial charge in [0.1, 0.15) is 6.07 Å². The van der Waals surface area contributed by atoms with Crippen molar-refractivity contribution in [3.8, 4) is 12.1 Å². The monoisotopic (exact) mass is 253 g/mol. The molecule has 0 saturated carbocycles. The third kappa shape index (κ3) is 2.71. The van der Waals surface area contributed by atoms with Gasteiger partial charge in [-0.2, -0.15) is 10.5 Å². The van der Waals surface area contributed by atoms with Gasteiger partial charge in [0.25, 0.3) is 0 Å². The van der Waals surface area contributed by atoms with Crippen molar-refractivity contribution in [1.29, 1.82) is 10.5 Å². The van der Waals surface area contributed by atoms with Crippen molar-refractivity contribution in [2.75, 3.05) is 18.0 Å². The van der Waals surface area contributed by atoms with Crippen LogP contribution in [0.3, 0.4) is 0 Å². The van der Waals surface area contributed by atoms with Crippen molar-refractivity contribution in [2.45, 2.75) is 26.7 Å². The van der Waals surface area contributed by atoms with E-state index in [1.165, 1.54) is 0 Å². The first kappa shape index (κ1) is 13.4. The average molecular weight is 253 g/mol. The number of para-hydroxylation sites is 1. The lowest BCUT2D eigenvalue weighted by Crippen LogP contribution is -2.45. The highest BCUT2D eigenvalue weighted by Gasteiger charge is 2.35. The molecule has 2 rings (SSSR count). The molecule has 19 heavy (non-hydrogen) atoms. The number of anilines is 1. The van der Waals surface area contributed by atoms with E-state index in [0.29, 0.717) is 12.3 Å². The first-order valence-electron chi connectivity index (χ1n) is 6.69. The molecule has 0 aromatic heterocycles. The molecular formula is C16H19N3. The lowest BCUT2D eigenvalue weighted by molar-refractivity contribution is 0.174. The van der Waals surface area contributed by atoms with Gasteiger partial charge in [-0.15, -0.1) is 0 Å². The summed E-state index contributed by atoms with van der Waals surface area (Å²) in [5.74, 6) is 0.359. The van der Waals surface area contributed by atoms with Gasteiger partial charge in [-0.05, 0) is 29.9 Å². The van der Waals surface area contributed by atoms with E-state index in [4.69, 9.17) is 5.26 Å². The summed E-state index contributed by atoms with van der Waals surface area (Å²) >= 11 is 0. The van der Waals surface area contributed by atoms with E-state index < -0.39 is 0 Å². The summed E-state index contributed by atoms with van der Waals surface area (Å²) in [5, 5.41) is 18.2. The molecule has 1 atom stereocenters. The highest BCUT2D eigenvalue weighted by molar-refractivity contribution is 5.59. The Morgan fingerprint density at radius 2 is 2.05 bits per heavy atom. The number of piperidine rings is 1. The zero-order valence-electron chi connectivity index (χ0n) is 11.6. The fourth-order valence-corrected chi connectivity index (χ4v) is 2.75. The molecule has 1 aliphatic heterocycles. The molecule has 1 aromatic carbocycles. The van der Waals surface area contributed by atoms with Gasteiger partial charge in [-0.1, -0.05) is 26.0 Å². The summed E-state index contributed by atoms with van der Waals surface area (Å²) in [6.07, 6.45) is 1.64. The SMILES string of the molecule is CC1(C)CCN(c2ccccc2C#N)CC1CC#N. The van der Waals surface area contributed by atoms with Gasteiger partial charge in [0.15, 0.2) is 0 Å². The average Bonchev–Trinajstić information content (AvgIpc) is 2.41. The smallest absolute Gasteiger partial charge is 0.101 e. The van der Waals surface area contributed by atoms with Crippen LogP contribution in [0.2, 0.25) is 0 Å². The Balaban J connectivity index is 2.24. The van der Waals surface area contributed by atoms with Crippen molar-refractivity contribution in [2.24, 2.45) is 11.3 Å². The van der Waals surface area contributed by atoms with Crippen molar-refractivity contribution < 1.29 is 0 Å². The fraction of sp³-hybridized carbons (Fsp3) is 0.500. The van der Waals surface area contributed by atoms with Crippen LogP contribution in [-0.4, -0.2) is 13.1 Å². The van der Waals surface area contributed by atoms with Crippen LogP contribution in [0.1, 0.15) is 32.3 Å². The molecule has 0 aliphatic carbocycles. The maximum absolute atomic E-state index is 9.19. The minimum Gasteiger partial charge on any atom is -0.370 e. The van der Waals surface area contributed by atoms with Gasteiger partial charge in [0.2, 0.25) is 0 Å². The van der Waals surface area contributed by atoms with Gasteiger partial charge >= 0.3 is 0 Å². The minimum atomic E-state index is 0.202. The minimum absolute atomic E-state index is 0.202. The summed E-state index contributed by atoms with van der Waals surface area (Å²) in [6, 6.07) is 12.3. The Bertz CT molecular complexity index is 534. The van der Waals surface area contributed by atoms with Crippen molar-refractivity contribution >= 4 is 5.69 Å². The van der Waals surface area contributed by atoms with Gasteiger partial charge in [0.05, 0.1) is 17.3 Å². The molecule has 0 spiro atoms. The Labute approximate surface area is 115 Å². The molecule has 3 nitrogen and oxygen atoms in total. The van der Waals surface area contributed by atoms with E-state index in [0.717, 1.165) is 30.8 Å². The first-order valence-corrected chi connectivity index (χ1v) is 6.69. The van der Waals surface area contributed by atoms with Gasteiger partial charge in [0, 0.05) is 19.5 Å². The summed E-state index contributed by atoms with van der Waals surface area (Å²) in [4.78, 5) is 2.26. The molecule has 0 amide bonds. The van der Waals surface area contributed by atoms with Crippen LogP contribution in [0, 0.1) is 34.0 Å². The van der Waals surface area contributed by atoms with E-state index in [9.17, 15) is 5.26 Å². The predicted molar refractivity (Wildman–Crippen MR) is 75.5 cm³/mol. The fourth-order valence-electron chi connectivity index (χ4n) is 2.75. The molecule has 1 aromatic rings. The van der Waals surface area contributed by atoms with Gasteiger partial charge < -0.3 is 4.90 Å². The summed E-state index contributed by atoms with van der Waals surface area (Å²) < 4.78 is 0. The Morgan fingerprint density at radius 3 is 2.74 bits per heavy atom. The van der Waals surface area contributed by atoms with Gasteiger partial charge in [-0.25, -0.2) is 0 Å². The third-order valence-corrected chi connectivity index (χ3v) is 4.27. The zero-order valence-corrected chi connectivity index (χ0v) is 11.6. The first-order chi connectivity index (χ1) is 9.08. The topological polar surface area (TPSA) is 50.8 Å². The second-order valence-electron chi connectivity index (χ2n) is 5.87. The Hall–Kier alpha value is -2.00. The molecule has 1 fully saturated rings. The predicted octanol–water partition coefficient (Wildman–Crippen LogP) is 3.32. The zero-order chi connectivity index (χ0) is 13.9. The molecular weight excluding hydrogens is 234 g/mol. The number of nitriles is 2. The molecule has 0 N–H and O–H groups in total. The highest BCUT2D eigenvalue weighted by Crippen LogP contribution is 2.39. The van der Waals surface area contributed by atoms with Crippen LogP contribution >= 0.6 is 0 Å². The van der Waals surface area contributed by atoms with Crippen LogP contribution < -0.4 is 4.90 Å². The van der Waals surface area contributed by atoms with E-state index >= 15 is 0 Å². The highest BCUT2D eigenvalue weighted by atomic mass is 15.1. The molecule has 1 aliphatic rings. The maximum atomic E-state index is 9.19.